The molecule has 1 heterocycles. The Hall–Kier alpha value is -2.03. The number of ether oxygens (including phenoxy) is 3. The Morgan fingerprint density at radius 3 is 2.42 bits per heavy atom. The van der Waals surface area contributed by atoms with E-state index in [0.717, 1.165) is 69.0 Å². The number of rotatable bonds is 10. The first kappa shape index (κ1) is 25.2. The molecule has 0 spiro atoms. The Bertz CT molecular complexity index is 684. The Balaban J connectivity index is 2.15. The van der Waals surface area contributed by atoms with Crippen LogP contribution in [0.2, 0.25) is 0 Å². The van der Waals surface area contributed by atoms with Gasteiger partial charge in [0.15, 0.2) is 17.5 Å². The van der Waals surface area contributed by atoms with E-state index in [0.29, 0.717) is 6.54 Å². The topological polar surface area (TPSA) is 79.4 Å². The van der Waals surface area contributed by atoms with Crippen molar-refractivity contribution in [2.75, 3.05) is 66.7 Å². The number of hydrogen-bond acceptors (Lipinski definition) is 6. The van der Waals surface area contributed by atoms with Gasteiger partial charge in [0.25, 0.3) is 0 Å². The monoisotopic (exact) mass is 435 g/mol. The lowest BCUT2D eigenvalue weighted by Gasteiger charge is -2.34. The molecule has 0 aliphatic carbocycles. The minimum atomic E-state index is 0.103. The Kier molecular flexibility index (Phi) is 10.4. The first-order valence-electron chi connectivity index (χ1n) is 11.2. The van der Waals surface area contributed by atoms with E-state index in [1.54, 1.807) is 14.2 Å². The summed E-state index contributed by atoms with van der Waals surface area (Å²) in [5, 5.41) is 10.3. The SMILES string of the molecule is CCNC(=NCC(c1ccc(OC)c(OC)c1)N1CCOCC1)NCCNC(C)(C)C. The van der Waals surface area contributed by atoms with E-state index in [1.165, 1.54) is 0 Å². The Morgan fingerprint density at radius 2 is 1.81 bits per heavy atom. The first-order chi connectivity index (χ1) is 14.9. The van der Waals surface area contributed by atoms with Gasteiger partial charge in [-0.2, -0.15) is 0 Å². The van der Waals surface area contributed by atoms with E-state index in [4.69, 9.17) is 19.2 Å². The Morgan fingerprint density at radius 1 is 1.10 bits per heavy atom. The second-order valence-electron chi connectivity index (χ2n) is 8.60. The molecule has 1 aromatic rings. The van der Waals surface area contributed by atoms with E-state index >= 15 is 0 Å². The molecule has 0 amide bonds. The van der Waals surface area contributed by atoms with Gasteiger partial charge < -0.3 is 30.2 Å². The molecule has 0 aromatic heterocycles. The second kappa shape index (κ2) is 12.7. The number of morpholine rings is 1. The lowest BCUT2D eigenvalue weighted by atomic mass is 10.0. The summed E-state index contributed by atoms with van der Waals surface area (Å²) < 4.78 is 16.5. The van der Waals surface area contributed by atoms with Crippen molar-refractivity contribution in [2.24, 2.45) is 4.99 Å². The van der Waals surface area contributed by atoms with Gasteiger partial charge in [0, 0.05) is 38.3 Å². The molecule has 3 N–H and O–H groups in total. The van der Waals surface area contributed by atoms with Crippen LogP contribution >= 0.6 is 0 Å². The second-order valence-corrected chi connectivity index (χ2v) is 8.60. The van der Waals surface area contributed by atoms with Crippen molar-refractivity contribution >= 4 is 5.96 Å². The standard InChI is InChI=1S/C23H41N5O3/c1-7-24-22(25-10-11-27-23(2,3)4)26-17-19(28-12-14-31-15-13-28)18-8-9-20(29-5)21(16-18)30-6/h8-9,16,19,27H,7,10-15,17H2,1-6H3,(H2,24,25,26). The fourth-order valence-electron chi connectivity index (χ4n) is 3.52. The number of nitrogens with one attached hydrogen (secondary N) is 3. The number of nitrogens with zero attached hydrogens (tertiary/aromatic N) is 2. The fourth-order valence-corrected chi connectivity index (χ4v) is 3.52. The number of methoxy groups -OCH3 is 2. The molecular weight excluding hydrogens is 394 g/mol. The predicted molar refractivity (Wildman–Crippen MR) is 126 cm³/mol. The summed E-state index contributed by atoms with van der Waals surface area (Å²) >= 11 is 0. The van der Waals surface area contributed by atoms with Crippen LogP contribution < -0.4 is 25.4 Å². The lowest BCUT2D eigenvalue weighted by Crippen LogP contribution is -2.45. The van der Waals surface area contributed by atoms with Gasteiger partial charge in [0.05, 0.1) is 40.0 Å². The highest BCUT2D eigenvalue weighted by atomic mass is 16.5. The number of guanidine groups is 1. The lowest BCUT2D eigenvalue weighted by molar-refractivity contribution is 0.0179. The molecule has 1 saturated heterocycles. The Labute approximate surface area is 187 Å². The van der Waals surface area contributed by atoms with E-state index in [-0.39, 0.29) is 11.6 Å². The average molecular weight is 436 g/mol. The molecule has 1 aliphatic rings. The number of aliphatic imine (C=N–C) groups is 1. The molecule has 1 fully saturated rings. The molecule has 31 heavy (non-hydrogen) atoms. The van der Waals surface area contributed by atoms with Crippen LogP contribution in [-0.2, 0) is 4.74 Å². The van der Waals surface area contributed by atoms with Gasteiger partial charge >= 0.3 is 0 Å². The van der Waals surface area contributed by atoms with Crippen LogP contribution in [0.15, 0.2) is 23.2 Å². The van der Waals surface area contributed by atoms with Crippen molar-refractivity contribution in [3.63, 3.8) is 0 Å². The van der Waals surface area contributed by atoms with Crippen molar-refractivity contribution < 1.29 is 14.2 Å². The first-order valence-corrected chi connectivity index (χ1v) is 11.2. The fraction of sp³-hybridized carbons (Fsp3) is 0.696. The third-order valence-electron chi connectivity index (χ3n) is 5.12. The third kappa shape index (κ3) is 8.55. The van der Waals surface area contributed by atoms with Crippen LogP contribution in [0, 0.1) is 0 Å². The van der Waals surface area contributed by atoms with Crippen LogP contribution in [0.1, 0.15) is 39.3 Å². The van der Waals surface area contributed by atoms with Crippen LogP contribution in [-0.4, -0.2) is 83.1 Å². The molecular formula is C23H41N5O3. The molecule has 1 aromatic carbocycles. The van der Waals surface area contributed by atoms with Crippen molar-refractivity contribution in [2.45, 2.75) is 39.3 Å². The highest BCUT2D eigenvalue weighted by Gasteiger charge is 2.24. The van der Waals surface area contributed by atoms with E-state index in [1.807, 2.05) is 6.07 Å². The summed E-state index contributed by atoms with van der Waals surface area (Å²) in [6.45, 7) is 15.0. The van der Waals surface area contributed by atoms with Crippen molar-refractivity contribution in [1.29, 1.82) is 0 Å². The molecule has 0 saturated carbocycles. The summed E-state index contributed by atoms with van der Waals surface area (Å²) in [5.41, 5.74) is 1.26. The predicted octanol–water partition coefficient (Wildman–Crippen LogP) is 2.02. The number of hydrogen-bond donors (Lipinski definition) is 3. The van der Waals surface area contributed by atoms with Gasteiger partial charge in [0.1, 0.15) is 0 Å². The molecule has 1 aliphatic heterocycles. The summed E-state index contributed by atoms with van der Waals surface area (Å²) in [7, 11) is 3.33. The quantitative estimate of drug-likeness (QED) is 0.295. The molecule has 1 unspecified atom stereocenters. The van der Waals surface area contributed by atoms with Gasteiger partial charge in [-0.3, -0.25) is 9.89 Å². The summed E-state index contributed by atoms with van der Waals surface area (Å²) in [6, 6.07) is 6.26. The van der Waals surface area contributed by atoms with E-state index < -0.39 is 0 Å². The maximum Gasteiger partial charge on any atom is 0.191 e. The van der Waals surface area contributed by atoms with Crippen LogP contribution in [0.25, 0.3) is 0 Å². The van der Waals surface area contributed by atoms with E-state index in [2.05, 4.69) is 60.7 Å². The van der Waals surface area contributed by atoms with Gasteiger partial charge in [-0.15, -0.1) is 0 Å². The van der Waals surface area contributed by atoms with Crippen LogP contribution in [0.5, 0.6) is 11.5 Å². The normalized spacial score (nSPS) is 16.6. The summed E-state index contributed by atoms with van der Waals surface area (Å²) in [5.74, 6) is 2.30. The maximum absolute atomic E-state index is 5.57. The highest BCUT2D eigenvalue weighted by Crippen LogP contribution is 2.32. The van der Waals surface area contributed by atoms with Crippen molar-refractivity contribution in [1.82, 2.24) is 20.9 Å². The zero-order chi connectivity index (χ0) is 22.7. The zero-order valence-electron chi connectivity index (χ0n) is 20.1. The third-order valence-corrected chi connectivity index (χ3v) is 5.12. The summed E-state index contributed by atoms with van der Waals surface area (Å²) in [6.07, 6.45) is 0. The molecule has 176 valence electrons. The highest BCUT2D eigenvalue weighted by molar-refractivity contribution is 5.79. The van der Waals surface area contributed by atoms with Gasteiger partial charge in [-0.1, -0.05) is 6.07 Å². The summed E-state index contributed by atoms with van der Waals surface area (Å²) in [4.78, 5) is 7.34. The van der Waals surface area contributed by atoms with Crippen LogP contribution in [0.4, 0.5) is 0 Å². The smallest absolute Gasteiger partial charge is 0.191 e. The average Bonchev–Trinajstić information content (AvgIpc) is 2.76. The van der Waals surface area contributed by atoms with Gasteiger partial charge in [-0.05, 0) is 45.4 Å². The van der Waals surface area contributed by atoms with Crippen LogP contribution in [0.3, 0.4) is 0 Å². The maximum atomic E-state index is 5.57. The largest absolute Gasteiger partial charge is 0.493 e. The molecule has 0 bridgehead atoms. The molecule has 0 radical (unpaired) electrons. The minimum Gasteiger partial charge on any atom is -0.493 e. The van der Waals surface area contributed by atoms with Gasteiger partial charge in [-0.25, -0.2) is 0 Å². The van der Waals surface area contributed by atoms with Gasteiger partial charge in [0.2, 0.25) is 0 Å². The zero-order valence-corrected chi connectivity index (χ0v) is 20.1. The molecule has 1 atom stereocenters. The van der Waals surface area contributed by atoms with Crippen molar-refractivity contribution in [3.05, 3.63) is 23.8 Å². The molecule has 8 nitrogen and oxygen atoms in total. The minimum absolute atomic E-state index is 0.103. The number of benzene rings is 1. The molecule has 8 heteroatoms. The van der Waals surface area contributed by atoms with E-state index in [9.17, 15) is 0 Å². The van der Waals surface area contributed by atoms with Crippen molar-refractivity contribution in [3.8, 4) is 11.5 Å². The molecule has 2 rings (SSSR count).